The van der Waals surface area contributed by atoms with Crippen molar-refractivity contribution in [2.45, 2.75) is 19.4 Å². The highest BCUT2D eigenvalue weighted by Gasteiger charge is 2.35. The van der Waals surface area contributed by atoms with Crippen molar-refractivity contribution in [3.63, 3.8) is 0 Å². The molecule has 1 fully saturated rings. The third kappa shape index (κ3) is 2.93. The van der Waals surface area contributed by atoms with Gasteiger partial charge in [0.2, 0.25) is 0 Å². The van der Waals surface area contributed by atoms with Gasteiger partial charge in [-0.1, -0.05) is 35.4 Å². The highest BCUT2D eigenvalue weighted by atomic mass is 16.7. The van der Waals surface area contributed by atoms with Crippen LogP contribution in [-0.2, 0) is 9.63 Å². The number of hydrazine groups is 1. The lowest BCUT2D eigenvalue weighted by Crippen LogP contribution is -2.29. The van der Waals surface area contributed by atoms with Gasteiger partial charge in [-0.25, -0.2) is 9.80 Å². The number of anilines is 1. The van der Waals surface area contributed by atoms with Crippen LogP contribution in [0.3, 0.4) is 0 Å². The predicted molar refractivity (Wildman–Crippen MR) is 95.1 cm³/mol. The Balaban J connectivity index is 1.61. The average molecular weight is 350 g/mol. The summed E-state index contributed by atoms with van der Waals surface area (Å²) < 4.78 is 5.18. The van der Waals surface area contributed by atoms with Crippen LogP contribution in [0.15, 0.2) is 70.2 Å². The number of methoxy groups -OCH3 is 1. The first kappa shape index (κ1) is 16.3. The monoisotopic (exact) mass is 350 g/mol. The molecule has 1 saturated heterocycles. The molecule has 2 aliphatic rings. The molecule has 0 saturated carbocycles. The molecule has 1 unspecified atom stereocenters. The Morgan fingerprint density at radius 1 is 1.15 bits per heavy atom. The fourth-order valence-corrected chi connectivity index (χ4v) is 2.95. The van der Waals surface area contributed by atoms with Crippen LogP contribution < -0.4 is 15.3 Å². The topological polar surface area (TPSA) is 75.5 Å². The number of azo groups is 1. The third-order valence-electron chi connectivity index (χ3n) is 4.42. The molecule has 0 aromatic heterocycles. The van der Waals surface area contributed by atoms with E-state index in [-0.39, 0.29) is 6.04 Å². The molecule has 7 heteroatoms. The minimum absolute atomic E-state index is 0.128. The van der Waals surface area contributed by atoms with Gasteiger partial charge in [0.25, 0.3) is 0 Å². The molecule has 2 aliphatic heterocycles. The summed E-state index contributed by atoms with van der Waals surface area (Å²) in [6, 6.07) is 15.3. The largest absolute Gasteiger partial charge is 0.497 e. The van der Waals surface area contributed by atoms with E-state index in [1.165, 1.54) is 0 Å². The molecule has 1 N–H and O–H groups in total. The smallest absolute Gasteiger partial charge is 0.378 e. The lowest BCUT2D eigenvalue weighted by Gasteiger charge is -2.16. The maximum absolute atomic E-state index is 12.2. The molecule has 0 spiro atoms. The maximum Gasteiger partial charge on any atom is 0.378 e. The van der Waals surface area contributed by atoms with Gasteiger partial charge in [-0.3, -0.25) is 0 Å². The molecule has 26 heavy (non-hydrogen) atoms. The summed E-state index contributed by atoms with van der Waals surface area (Å²) in [5.74, 6) is 0.325. The molecular formula is C19H18N4O3. The van der Waals surface area contributed by atoms with Gasteiger partial charge in [-0.05, 0) is 36.8 Å². The van der Waals surface area contributed by atoms with E-state index in [2.05, 4.69) is 15.8 Å². The summed E-state index contributed by atoms with van der Waals surface area (Å²) in [5, 5.41) is 10.2. The van der Waals surface area contributed by atoms with Crippen molar-refractivity contribution in [1.29, 1.82) is 0 Å². The zero-order valence-electron chi connectivity index (χ0n) is 14.5. The lowest BCUT2D eigenvalue weighted by atomic mass is 10.0. The number of benzene rings is 2. The summed E-state index contributed by atoms with van der Waals surface area (Å²) in [4.78, 5) is 17.2. The average Bonchev–Trinajstić information content (AvgIpc) is 3.29. The van der Waals surface area contributed by atoms with Crippen LogP contribution in [0, 0.1) is 6.92 Å². The number of aryl methyl sites for hydroxylation is 1. The fraction of sp³-hybridized carbons (Fsp3) is 0.211. The van der Waals surface area contributed by atoms with Crippen molar-refractivity contribution in [1.82, 2.24) is 5.59 Å². The Morgan fingerprint density at radius 3 is 2.58 bits per heavy atom. The maximum atomic E-state index is 12.2. The SMILES string of the molecule is COc1ccc(C2CC(=C3C(=O)ONN3c3ccc(C)cc3)N=N2)cc1. The standard InChI is InChI=1S/C19H18N4O3/c1-12-3-7-14(8-4-12)23-18(19(24)26-22-23)17-11-16(20-21-17)13-5-9-15(25-2)10-6-13/h3-10,16,22H,11H2,1-2H3. The molecule has 0 bridgehead atoms. The Hall–Kier alpha value is -3.19. The van der Waals surface area contributed by atoms with Gasteiger partial charge in [0, 0.05) is 6.42 Å². The van der Waals surface area contributed by atoms with Crippen molar-refractivity contribution in [3.05, 3.63) is 71.1 Å². The van der Waals surface area contributed by atoms with E-state index in [1.807, 2.05) is 55.5 Å². The molecule has 4 rings (SSSR count). The van der Waals surface area contributed by atoms with E-state index in [9.17, 15) is 4.79 Å². The molecule has 132 valence electrons. The highest BCUT2D eigenvalue weighted by molar-refractivity contribution is 5.95. The first-order valence-corrected chi connectivity index (χ1v) is 8.27. The fourth-order valence-electron chi connectivity index (χ4n) is 2.95. The van der Waals surface area contributed by atoms with E-state index in [0.717, 1.165) is 22.6 Å². The van der Waals surface area contributed by atoms with Gasteiger partial charge in [0.05, 0.1) is 18.5 Å². The van der Waals surface area contributed by atoms with Gasteiger partial charge in [0.15, 0.2) is 5.70 Å². The number of hydrogen-bond acceptors (Lipinski definition) is 7. The van der Waals surface area contributed by atoms with E-state index in [0.29, 0.717) is 17.8 Å². The van der Waals surface area contributed by atoms with Crippen LogP contribution in [0.4, 0.5) is 5.69 Å². The van der Waals surface area contributed by atoms with Crippen molar-refractivity contribution in [2.24, 2.45) is 10.2 Å². The number of nitrogens with zero attached hydrogens (tertiary/aromatic N) is 3. The Bertz CT molecular complexity index is 888. The van der Waals surface area contributed by atoms with Gasteiger partial charge in [-0.2, -0.15) is 10.2 Å². The van der Waals surface area contributed by atoms with E-state index in [4.69, 9.17) is 9.57 Å². The Morgan fingerprint density at radius 2 is 1.88 bits per heavy atom. The first-order chi connectivity index (χ1) is 12.7. The van der Waals surface area contributed by atoms with Crippen LogP contribution in [0.2, 0.25) is 0 Å². The molecule has 0 radical (unpaired) electrons. The molecule has 7 nitrogen and oxygen atoms in total. The van der Waals surface area contributed by atoms with Crippen LogP contribution in [0.5, 0.6) is 5.75 Å². The zero-order chi connectivity index (χ0) is 18.1. The normalized spacial score (nSPS) is 22.0. The number of nitrogens with one attached hydrogen (secondary N) is 1. The van der Waals surface area contributed by atoms with Crippen molar-refractivity contribution in [2.75, 3.05) is 12.1 Å². The predicted octanol–water partition coefficient (Wildman–Crippen LogP) is 3.60. The van der Waals surface area contributed by atoms with Crippen LogP contribution in [0.1, 0.15) is 23.6 Å². The summed E-state index contributed by atoms with van der Waals surface area (Å²) in [6.07, 6.45) is 0.529. The lowest BCUT2D eigenvalue weighted by molar-refractivity contribution is -0.140. The van der Waals surface area contributed by atoms with E-state index < -0.39 is 5.97 Å². The summed E-state index contributed by atoms with van der Waals surface area (Å²) in [7, 11) is 1.63. The van der Waals surface area contributed by atoms with Gasteiger partial charge in [-0.15, -0.1) is 0 Å². The molecule has 2 heterocycles. The van der Waals surface area contributed by atoms with Gasteiger partial charge >= 0.3 is 5.97 Å². The number of carbonyl (C=O) groups is 1. The van der Waals surface area contributed by atoms with Crippen molar-refractivity contribution in [3.8, 4) is 5.75 Å². The van der Waals surface area contributed by atoms with E-state index >= 15 is 0 Å². The van der Waals surface area contributed by atoms with E-state index in [1.54, 1.807) is 12.1 Å². The highest BCUT2D eigenvalue weighted by Crippen LogP contribution is 2.37. The third-order valence-corrected chi connectivity index (χ3v) is 4.42. The summed E-state index contributed by atoms with van der Waals surface area (Å²) in [6.45, 7) is 2.01. The first-order valence-electron chi connectivity index (χ1n) is 8.27. The quantitative estimate of drug-likeness (QED) is 0.856. The second kappa shape index (κ2) is 6.61. The second-order valence-corrected chi connectivity index (χ2v) is 6.16. The Kier molecular flexibility index (Phi) is 4.14. The van der Waals surface area contributed by atoms with Crippen molar-refractivity contribution < 1.29 is 14.4 Å². The van der Waals surface area contributed by atoms with Crippen LogP contribution >= 0.6 is 0 Å². The minimum Gasteiger partial charge on any atom is -0.497 e. The molecule has 0 aliphatic carbocycles. The number of carbonyl (C=O) groups excluding carboxylic acids is 1. The Labute approximate surface area is 150 Å². The van der Waals surface area contributed by atoms with Gasteiger partial charge in [0.1, 0.15) is 11.8 Å². The summed E-state index contributed by atoms with van der Waals surface area (Å²) in [5.41, 5.74) is 6.57. The molecule has 2 aromatic carbocycles. The van der Waals surface area contributed by atoms with Crippen LogP contribution in [0.25, 0.3) is 0 Å². The number of rotatable bonds is 3. The second-order valence-electron chi connectivity index (χ2n) is 6.16. The zero-order valence-corrected chi connectivity index (χ0v) is 14.5. The molecule has 2 aromatic rings. The van der Waals surface area contributed by atoms with Gasteiger partial charge < -0.3 is 9.57 Å². The minimum atomic E-state index is -0.463. The van der Waals surface area contributed by atoms with Crippen LogP contribution in [-0.4, -0.2) is 13.1 Å². The molecular weight excluding hydrogens is 332 g/mol. The number of ether oxygens (including phenoxy) is 1. The number of hydrogen-bond donors (Lipinski definition) is 1. The van der Waals surface area contributed by atoms with Crippen molar-refractivity contribution >= 4 is 11.7 Å². The molecule has 1 atom stereocenters. The molecule has 0 amide bonds. The summed E-state index contributed by atoms with van der Waals surface area (Å²) >= 11 is 0.